The standard InChI is InChI=1S/C24H28N2O4/c1-15(2)30-12-6-11-26-21(18-7-5-10-25-14-18)20(23(28)24(26)29)22(27)19-13-16(3)8-9-17(19)4/h5,7-10,13-15,21,27H,6,11-12H2,1-4H3/b22-20+. The molecule has 158 valence electrons. The number of benzene rings is 1. The van der Waals surface area contributed by atoms with Gasteiger partial charge in [0.1, 0.15) is 5.76 Å². The number of Topliss-reactive ketones (excluding diaryl/α,β-unsaturated/α-hetero) is 1. The van der Waals surface area contributed by atoms with E-state index in [4.69, 9.17) is 4.74 Å². The number of pyridine rings is 1. The Morgan fingerprint density at radius 3 is 2.67 bits per heavy atom. The van der Waals surface area contributed by atoms with Gasteiger partial charge in [0.05, 0.1) is 17.7 Å². The molecule has 1 aliphatic heterocycles. The summed E-state index contributed by atoms with van der Waals surface area (Å²) in [4.78, 5) is 31.5. The van der Waals surface area contributed by atoms with Crippen LogP contribution >= 0.6 is 0 Å². The van der Waals surface area contributed by atoms with Crippen molar-refractivity contribution in [2.45, 2.75) is 46.3 Å². The topological polar surface area (TPSA) is 79.7 Å². The Bertz CT molecular complexity index is 966. The second-order valence-electron chi connectivity index (χ2n) is 7.87. The molecular formula is C24H28N2O4. The maximum Gasteiger partial charge on any atom is 0.295 e. The summed E-state index contributed by atoms with van der Waals surface area (Å²) in [6, 6.07) is 8.56. The van der Waals surface area contributed by atoms with Gasteiger partial charge < -0.3 is 14.7 Å². The third kappa shape index (κ3) is 4.44. The number of nitrogens with zero attached hydrogens (tertiary/aromatic N) is 2. The van der Waals surface area contributed by atoms with E-state index < -0.39 is 17.7 Å². The smallest absolute Gasteiger partial charge is 0.295 e. The Morgan fingerprint density at radius 2 is 2.00 bits per heavy atom. The monoisotopic (exact) mass is 408 g/mol. The van der Waals surface area contributed by atoms with Crippen molar-refractivity contribution in [1.82, 2.24) is 9.88 Å². The zero-order valence-electron chi connectivity index (χ0n) is 17.9. The second kappa shape index (κ2) is 9.22. The highest BCUT2D eigenvalue weighted by Gasteiger charge is 2.46. The summed E-state index contributed by atoms with van der Waals surface area (Å²) in [5.74, 6) is -1.43. The molecule has 2 heterocycles. The van der Waals surface area contributed by atoms with E-state index >= 15 is 0 Å². The van der Waals surface area contributed by atoms with Crippen LogP contribution in [0.1, 0.15) is 48.6 Å². The highest BCUT2D eigenvalue weighted by molar-refractivity contribution is 6.46. The van der Waals surface area contributed by atoms with E-state index in [0.717, 1.165) is 11.1 Å². The number of likely N-dealkylation sites (tertiary alicyclic amines) is 1. The van der Waals surface area contributed by atoms with Crippen LogP contribution in [-0.2, 0) is 14.3 Å². The number of aryl methyl sites for hydroxylation is 2. The average Bonchev–Trinajstić information content (AvgIpc) is 2.97. The number of carbonyl (C=O) groups is 2. The summed E-state index contributed by atoms with van der Waals surface area (Å²) < 4.78 is 5.58. The van der Waals surface area contributed by atoms with E-state index in [-0.39, 0.29) is 17.4 Å². The third-order valence-electron chi connectivity index (χ3n) is 5.18. The Hall–Kier alpha value is -2.99. The zero-order valence-corrected chi connectivity index (χ0v) is 17.9. The predicted octanol–water partition coefficient (Wildman–Crippen LogP) is 3.94. The lowest BCUT2D eigenvalue weighted by Gasteiger charge is -2.25. The van der Waals surface area contributed by atoms with Gasteiger partial charge in [-0.25, -0.2) is 0 Å². The van der Waals surface area contributed by atoms with Crippen molar-refractivity contribution in [3.05, 3.63) is 70.6 Å². The van der Waals surface area contributed by atoms with Crippen molar-refractivity contribution in [3.8, 4) is 0 Å². The molecule has 0 aliphatic carbocycles. The fourth-order valence-corrected chi connectivity index (χ4v) is 3.68. The lowest BCUT2D eigenvalue weighted by atomic mass is 9.94. The molecule has 1 aromatic carbocycles. The first-order valence-corrected chi connectivity index (χ1v) is 10.2. The number of aliphatic hydroxyl groups is 1. The first-order valence-electron chi connectivity index (χ1n) is 10.2. The summed E-state index contributed by atoms with van der Waals surface area (Å²) in [6.07, 6.45) is 3.95. The van der Waals surface area contributed by atoms with Gasteiger partial charge in [0, 0.05) is 31.1 Å². The van der Waals surface area contributed by atoms with E-state index in [1.165, 1.54) is 4.90 Å². The number of ether oxygens (including phenoxy) is 1. The molecule has 3 rings (SSSR count). The molecule has 0 bridgehead atoms. The normalized spacial score (nSPS) is 18.4. The lowest BCUT2D eigenvalue weighted by molar-refractivity contribution is -0.140. The number of rotatable bonds is 7. The molecule has 1 aliphatic rings. The molecule has 0 saturated carbocycles. The van der Waals surface area contributed by atoms with Crippen LogP contribution in [0.5, 0.6) is 0 Å². The molecular weight excluding hydrogens is 380 g/mol. The number of aromatic nitrogens is 1. The van der Waals surface area contributed by atoms with Gasteiger partial charge >= 0.3 is 0 Å². The molecule has 1 atom stereocenters. The Labute approximate surface area is 177 Å². The summed E-state index contributed by atoms with van der Waals surface area (Å²) in [5.41, 5.74) is 3.14. The van der Waals surface area contributed by atoms with E-state index in [9.17, 15) is 14.7 Å². The first kappa shape index (κ1) is 21.7. The fourth-order valence-electron chi connectivity index (χ4n) is 3.68. The summed E-state index contributed by atoms with van der Waals surface area (Å²) in [5, 5.41) is 11.1. The molecule has 1 aromatic heterocycles. The van der Waals surface area contributed by atoms with Crippen LogP contribution < -0.4 is 0 Å². The van der Waals surface area contributed by atoms with Crippen LogP contribution in [0.3, 0.4) is 0 Å². The molecule has 0 radical (unpaired) electrons. The van der Waals surface area contributed by atoms with Gasteiger partial charge in [0.25, 0.3) is 11.7 Å². The van der Waals surface area contributed by atoms with Gasteiger partial charge in [-0.1, -0.05) is 23.8 Å². The molecule has 0 spiro atoms. The number of aliphatic hydroxyl groups excluding tert-OH is 1. The molecule has 1 N–H and O–H groups in total. The van der Waals surface area contributed by atoms with Crippen LogP contribution in [0.25, 0.3) is 5.76 Å². The Morgan fingerprint density at radius 1 is 1.23 bits per heavy atom. The van der Waals surface area contributed by atoms with Crippen molar-refractivity contribution in [2.75, 3.05) is 13.2 Å². The molecule has 6 heteroatoms. The van der Waals surface area contributed by atoms with Crippen molar-refractivity contribution in [3.63, 3.8) is 0 Å². The van der Waals surface area contributed by atoms with Crippen molar-refractivity contribution in [1.29, 1.82) is 0 Å². The van der Waals surface area contributed by atoms with Crippen LogP contribution in [-0.4, -0.2) is 45.9 Å². The van der Waals surface area contributed by atoms with Crippen LogP contribution in [0, 0.1) is 13.8 Å². The number of carbonyl (C=O) groups excluding carboxylic acids is 2. The largest absolute Gasteiger partial charge is 0.507 e. The zero-order chi connectivity index (χ0) is 21.8. The van der Waals surface area contributed by atoms with Gasteiger partial charge in [0.15, 0.2) is 0 Å². The van der Waals surface area contributed by atoms with Gasteiger partial charge in [0.2, 0.25) is 0 Å². The van der Waals surface area contributed by atoms with Gasteiger partial charge in [-0.2, -0.15) is 0 Å². The van der Waals surface area contributed by atoms with Gasteiger partial charge in [-0.3, -0.25) is 14.6 Å². The van der Waals surface area contributed by atoms with Crippen molar-refractivity contribution >= 4 is 17.4 Å². The van der Waals surface area contributed by atoms with E-state index in [2.05, 4.69) is 4.98 Å². The number of amides is 1. The van der Waals surface area contributed by atoms with Gasteiger partial charge in [-0.15, -0.1) is 0 Å². The second-order valence-corrected chi connectivity index (χ2v) is 7.87. The van der Waals surface area contributed by atoms with Crippen molar-refractivity contribution in [2.24, 2.45) is 0 Å². The quantitative estimate of drug-likeness (QED) is 0.325. The van der Waals surface area contributed by atoms with E-state index in [1.54, 1.807) is 18.5 Å². The first-order chi connectivity index (χ1) is 14.3. The third-order valence-corrected chi connectivity index (χ3v) is 5.18. The van der Waals surface area contributed by atoms with E-state index in [0.29, 0.717) is 30.7 Å². The fraction of sp³-hybridized carbons (Fsp3) is 0.375. The maximum absolute atomic E-state index is 13.0. The maximum atomic E-state index is 13.0. The van der Waals surface area contributed by atoms with Crippen molar-refractivity contribution < 1.29 is 19.4 Å². The highest BCUT2D eigenvalue weighted by atomic mass is 16.5. The number of hydrogen-bond acceptors (Lipinski definition) is 5. The summed E-state index contributed by atoms with van der Waals surface area (Å²) >= 11 is 0. The molecule has 30 heavy (non-hydrogen) atoms. The number of ketones is 1. The molecule has 1 unspecified atom stereocenters. The van der Waals surface area contributed by atoms with Crippen LogP contribution in [0.2, 0.25) is 0 Å². The lowest BCUT2D eigenvalue weighted by Crippen LogP contribution is -2.31. The van der Waals surface area contributed by atoms with Gasteiger partial charge in [-0.05, 0) is 57.4 Å². The van der Waals surface area contributed by atoms with Crippen LogP contribution in [0.15, 0.2) is 48.3 Å². The number of hydrogen-bond donors (Lipinski definition) is 1. The van der Waals surface area contributed by atoms with E-state index in [1.807, 2.05) is 52.0 Å². The molecule has 1 amide bonds. The highest BCUT2D eigenvalue weighted by Crippen LogP contribution is 2.39. The minimum absolute atomic E-state index is 0.0961. The minimum Gasteiger partial charge on any atom is -0.507 e. The van der Waals surface area contributed by atoms with Crippen LogP contribution in [0.4, 0.5) is 0 Å². The SMILES string of the molecule is Cc1ccc(C)c(/C(O)=C2\C(=O)C(=O)N(CCCOC(C)C)C2c2cccnc2)c1. The molecule has 6 nitrogen and oxygen atoms in total. The average molecular weight is 408 g/mol. The Kier molecular flexibility index (Phi) is 6.67. The molecule has 2 aromatic rings. The molecule has 1 fully saturated rings. The minimum atomic E-state index is -0.683. The predicted molar refractivity (Wildman–Crippen MR) is 115 cm³/mol. The summed E-state index contributed by atoms with van der Waals surface area (Å²) in [7, 11) is 0. The Balaban J connectivity index is 2.05. The molecule has 1 saturated heterocycles. The summed E-state index contributed by atoms with van der Waals surface area (Å²) in [6.45, 7) is 8.52.